The summed E-state index contributed by atoms with van der Waals surface area (Å²) in [5.74, 6) is 0. The molecule has 1 aliphatic rings. The van der Waals surface area contributed by atoms with E-state index in [1.807, 2.05) is 22.6 Å². The second-order valence-electron chi connectivity index (χ2n) is 5.31. The van der Waals surface area contributed by atoms with E-state index in [1.165, 1.54) is 12.3 Å². The summed E-state index contributed by atoms with van der Waals surface area (Å²) < 4.78 is 38.0. The Bertz CT molecular complexity index is 922. The quantitative estimate of drug-likeness (QED) is 0.227. The summed E-state index contributed by atoms with van der Waals surface area (Å²) in [4.78, 5) is 52.0. The van der Waals surface area contributed by atoms with Crippen LogP contribution in [0.5, 0.6) is 0 Å². The zero-order valence-electron chi connectivity index (χ0n) is 13.2. The highest BCUT2D eigenvalue weighted by Gasteiger charge is 2.39. The maximum atomic E-state index is 12.0. The lowest BCUT2D eigenvalue weighted by Crippen LogP contribution is -2.33. The van der Waals surface area contributed by atoms with Gasteiger partial charge in [0, 0.05) is 12.6 Å². The predicted octanol–water partition coefficient (Wildman–Crippen LogP) is -0.183. The molecule has 0 aliphatic carbocycles. The van der Waals surface area contributed by atoms with Gasteiger partial charge in [-0.3, -0.25) is 18.9 Å². The second kappa shape index (κ2) is 8.78. The van der Waals surface area contributed by atoms with Crippen LogP contribution in [-0.4, -0.2) is 48.2 Å². The normalized spacial score (nSPS) is 25.7. The standard InChI is InChI=1S/C11H15IN2O11P2/c12-2-1-6-4-14(11(17)13-10(6)16)9-3-7(15)8(24-9)5-23-27(21,22)25-26(18,19)20/h1-2,4,7-9,15H,3,5H2,(H,21,22)(H,13,16,17)(H2,18,19,20)/b2-1+/t7-,8+,9+/m0/s1. The van der Waals surface area contributed by atoms with Gasteiger partial charge in [0.25, 0.3) is 5.56 Å². The van der Waals surface area contributed by atoms with Crippen LogP contribution in [0.15, 0.2) is 19.9 Å². The lowest BCUT2D eigenvalue weighted by atomic mass is 10.2. The molecular formula is C11H15IN2O11P2. The molecule has 0 spiro atoms. The number of nitrogens with one attached hydrogen (secondary N) is 1. The highest BCUT2D eigenvalue weighted by Crippen LogP contribution is 2.57. The minimum Gasteiger partial charge on any atom is -0.390 e. The number of phosphoric acid groups is 2. The number of aliphatic hydroxyl groups is 1. The summed E-state index contributed by atoms with van der Waals surface area (Å²) in [5.41, 5.74) is -1.24. The van der Waals surface area contributed by atoms with Crippen LogP contribution in [0.3, 0.4) is 0 Å². The Balaban J connectivity index is 2.12. The molecule has 1 aliphatic heterocycles. The first kappa shape index (κ1) is 22.6. The van der Waals surface area contributed by atoms with E-state index in [0.717, 1.165) is 4.57 Å². The largest absolute Gasteiger partial charge is 0.481 e. The van der Waals surface area contributed by atoms with Gasteiger partial charge in [0.15, 0.2) is 0 Å². The fourth-order valence-electron chi connectivity index (χ4n) is 2.26. The minimum atomic E-state index is -5.27. The number of hydrogen-bond acceptors (Lipinski definition) is 8. The van der Waals surface area contributed by atoms with E-state index in [1.54, 1.807) is 4.08 Å². The topological polar surface area (TPSA) is 198 Å². The molecule has 1 fully saturated rings. The van der Waals surface area contributed by atoms with E-state index in [0.29, 0.717) is 0 Å². The summed E-state index contributed by atoms with van der Waals surface area (Å²) in [6.07, 6.45) is -0.874. The second-order valence-corrected chi connectivity index (χ2v) is 8.86. The van der Waals surface area contributed by atoms with Crippen molar-refractivity contribution in [1.29, 1.82) is 0 Å². The molecule has 27 heavy (non-hydrogen) atoms. The monoisotopic (exact) mass is 540 g/mol. The predicted molar refractivity (Wildman–Crippen MR) is 97.8 cm³/mol. The number of halogens is 1. The van der Waals surface area contributed by atoms with Crippen LogP contribution in [0.4, 0.5) is 0 Å². The van der Waals surface area contributed by atoms with E-state index >= 15 is 0 Å². The Morgan fingerprint density at radius 1 is 1.37 bits per heavy atom. The van der Waals surface area contributed by atoms with Gasteiger partial charge in [0.05, 0.1) is 18.3 Å². The van der Waals surface area contributed by atoms with Crippen LogP contribution in [0.1, 0.15) is 18.2 Å². The first-order chi connectivity index (χ1) is 12.4. The molecule has 152 valence electrons. The summed E-state index contributed by atoms with van der Waals surface area (Å²) in [5, 5.41) is 10.00. The van der Waals surface area contributed by atoms with Gasteiger partial charge in [0.2, 0.25) is 0 Å². The molecule has 16 heteroatoms. The molecule has 0 aromatic carbocycles. The molecule has 4 atom stereocenters. The van der Waals surface area contributed by atoms with Crippen molar-refractivity contribution in [2.24, 2.45) is 0 Å². The summed E-state index contributed by atoms with van der Waals surface area (Å²) in [7, 11) is -10.4. The van der Waals surface area contributed by atoms with Crippen LogP contribution >= 0.6 is 38.2 Å². The zero-order valence-corrected chi connectivity index (χ0v) is 17.2. The molecule has 2 rings (SSSR count). The van der Waals surface area contributed by atoms with Gasteiger partial charge in [-0.1, -0.05) is 22.6 Å². The Hall–Kier alpha value is -0.670. The number of rotatable bonds is 7. The Morgan fingerprint density at radius 2 is 2.04 bits per heavy atom. The Labute approximate surface area is 164 Å². The summed E-state index contributed by atoms with van der Waals surface area (Å²) in [6.45, 7) is -0.746. The van der Waals surface area contributed by atoms with E-state index in [2.05, 4.69) is 13.8 Å². The summed E-state index contributed by atoms with van der Waals surface area (Å²) >= 11 is 1.88. The molecule has 1 aromatic heterocycles. The van der Waals surface area contributed by atoms with E-state index < -0.39 is 51.9 Å². The van der Waals surface area contributed by atoms with Crippen molar-refractivity contribution in [2.45, 2.75) is 24.9 Å². The number of nitrogens with zero attached hydrogens (tertiary/aromatic N) is 1. The fraction of sp³-hybridized carbons (Fsp3) is 0.455. The smallest absolute Gasteiger partial charge is 0.390 e. The molecule has 1 unspecified atom stereocenters. The number of phosphoric ester groups is 1. The maximum Gasteiger partial charge on any atom is 0.481 e. The van der Waals surface area contributed by atoms with Crippen molar-refractivity contribution >= 4 is 44.3 Å². The number of aliphatic hydroxyl groups excluding tert-OH is 1. The van der Waals surface area contributed by atoms with Crippen molar-refractivity contribution in [3.8, 4) is 0 Å². The maximum absolute atomic E-state index is 12.0. The van der Waals surface area contributed by atoms with Crippen molar-refractivity contribution < 1.29 is 42.5 Å². The lowest BCUT2D eigenvalue weighted by molar-refractivity contribution is -0.0450. The van der Waals surface area contributed by atoms with Gasteiger partial charge in [-0.05, 0) is 10.2 Å². The van der Waals surface area contributed by atoms with Crippen molar-refractivity contribution in [1.82, 2.24) is 9.55 Å². The average Bonchev–Trinajstić information content (AvgIpc) is 2.86. The van der Waals surface area contributed by atoms with E-state index in [-0.39, 0.29) is 12.0 Å². The molecule has 5 N–H and O–H groups in total. The molecule has 0 saturated carbocycles. The molecule has 2 heterocycles. The van der Waals surface area contributed by atoms with E-state index in [9.17, 15) is 28.7 Å². The van der Waals surface area contributed by atoms with Gasteiger partial charge in [-0.2, -0.15) is 4.31 Å². The molecular weight excluding hydrogens is 525 g/mol. The molecule has 1 saturated heterocycles. The van der Waals surface area contributed by atoms with Gasteiger partial charge >= 0.3 is 21.3 Å². The first-order valence-corrected chi connectivity index (χ1v) is 11.4. The average molecular weight is 540 g/mol. The number of hydrogen-bond donors (Lipinski definition) is 5. The highest BCUT2D eigenvalue weighted by molar-refractivity contribution is 14.1. The van der Waals surface area contributed by atoms with Crippen molar-refractivity contribution in [3.05, 3.63) is 36.7 Å². The highest BCUT2D eigenvalue weighted by atomic mass is 127. The lowest BCUT2D eigenvalue weighted by Gasteiger charge is -2.18. The molecule has 1 aromatic rings. The van der Waals surface area contributed by atoms with Gasteiger partial charge in [0.1, 0.15) is 12.3 Å². The van der Waals surface area contributed by atoms with Crippen LogP contribution < -0.4 is 11.2 Å². The minimum absolute atomic E-state index is 0.109. The third-order valence-electron chi connectivity index (χ3n) is 3.36. The molecule has 13 nitrogen and oxygen atoms in total. The third-order valence-corrected chi connectivity index (χ3v) is 5.88. The number of aromatic nitrogens is 2. The van der Waals surface area contributed by atoms with E-state index in [4.69, 9.17) is 14.5 Å². The van der Waals surface area contributed by atoms with Crippen molar-refractivity contribution in [2.75, 3.05) is 6.61 Å². The molecule has 0 amide bonds. The van der Waals surface area contributed by atoms with Gasteiger partial charge < -0.3 is 24.5 Å². The van der Waals surface area contributed by atoms with Crippen LogP contribution in [0.2, 0.25) is 0 Å². The number of H-pyrrole nitrogens is 1. The van der Waals surface area contributed by atoms with Gasteiger partial charge in [-0.15, -0.1) is 0 Å². The summed E-state index contributed by atoms with van der Waals surface area (Å²) in [6, 6.07) is 0. The molecule has 0 bridgehead atoms. The van der Waals surface area contributed by atoms with Crippen LogP contribution in [0.25, 0.3) is 6.08 Å². The van der Waals surface area contributed by atoms with Crippen LogP contribution in [-0.2, 0) is 22.7 Å². The molecule has 0 radical (unpaired) electrons. The van der Waals surface area contributed by atoms with Crippen molar-refractivity contribution in [3.63, 3.8) is 0 Å². The number of ether oxygens (including phenoxy) is 1. The van der Waals surface area contributed by atoms with Crippen LogP contribution in [0, 0.1) is 0 Å². The number of aromatic amines is 1. The zero-order chi connectivity index (χ0) is 20.4. The first-order valence-electron chi connectivity index (χ1n) is 7.12. The SMILES string of the molecule is O=c1[nH]c(=O)n([C@H]2C[C@H](O)[C@@H](COP(=O)(O)OP(=O)(O)O)O2)cc1/C=C/I. The van der Waals surface area contributed by atoms with Gasteiger partial charge in [-0.25, -0.2) is 13.9 Å². The third kappa shape index (κ3) is 6.42. The Morgan fingerprint density at radius 3 is 2.63 bits per heavy atom. The fourth-order valence-corrected chi connectivity index (χ4v) is 4.25. The Kier molecular flexibility index (Phi) is 7.35.